The topological polar surface area (TPSA) is 66.4 Å². The number of rotatable bonds is 5. The summed E-state index contributed by atoms with van der Waals surface area (Å²) >= 11 is 5.81. The van der Waals surface area contributed by atoms with Crippen LogP contribution >= 0.6 is 11.6 Å². The van der Waals surface area contributed by atoms with Crippen LogP contribution in [0.15, 0.2) is 42.5 Å². The highest BCUT2D eigenvalue weighted by Crippen LogP contribution is 2.17. The van der Waals surface area contributed by atoms with Crippen molar-refractivity contribution in [2.45, 2.75) is 6.42 Å². The molecule has 0 spiro atoms. The van der Waals surface area contributed by atoms with Gasteiger partial charge in [-0.05, 0) is 42.3 Å². The molecule has 0 aliphatic rings. The predicted molar refractivity (Wildman–Crippen MR) is 80.8 cm³/mol. The van der Waals surface area contributed by atoms with Crippen LogP contribution in [0.3, 0.4) is 0 Å². The number of carboxylic acids is 1. The summed E-state index contributed by atoms with van der Waals surface area (Å²) in [7, 11) is 0. The number of carbonyl (C=O) groups excluding carboxylic acids is 1. The fourth-order valence-corrected chi connectivity index (χ4v) is 2.16. The molecular weight excluding hydrogens is 309 g/mol. The Labute approximate surface area is 131 Å². The summed E-state index contributed by atoms with van der Waals surface area (Å²) in [6.07, 6.45) is 0.546. The molecule has 114 valence electrons. The van der Waals surface area contributed by atoms with Gasteiger partial charge in [-0.25, -0.2) is 9.18 Å². The lowest BCUT2D eigenvalue weighted by atomic mass is 10.1. The summed E-state index contributed by atoms with van der Waals surface area (Å²) in [5.41, 5.74) is 1.32. The van der Waals surface area contributed by atoms with Gasteiger partial charge in [0.15, 0.2) is 0 Å². The highest BCUT2D eigenvalue weighted by Gasteiger charge is 2.10. The molecule has 0 fully saturated rings. The molecule has 0 heterocycles. The van der Waals surface area contributed by atoms with Gasteiger partial charge >= 0.3 is 5.97 Å². The zero-order valence-corrected chi connectivity index (χ0v) is 12.2. The summed E-state index contributed by atoms with van der Waals surface area (Å²) in [5, 5.41) is 11.5. The van der Waals surface area contributed by atoms with E-state index in [0.717, 1.165) is 11.6 Å². The molecule has 2 N–H and O–H groups in total. The Kier molecular flexibility index (Phi) is 5.12. The second kappa shape index (κ2) is 7.04. The monoisotopic (exact) mass is 321 g/mol. The van der Waals surface area contributed by atoms with Gasteiger partial charge in [0.25, 0.3) is 5.91 Å². The molecule has 2 aromatic carbocycles. The van der Waals surface area contributed by atoms with Gasteiger partial charge in [0.05, 0.1) is 16.1 Å². The van der Waals surface area contributed by atoms with Crippen molar-refractivity contribution in [3.63, 3.8) is 0 Å². The lowest BCUT2D eigenvalue weighted by Crippen LogP contribution is -2.26. The van der Waals surface area contributed by atoms with Crippen LogP contribution in [0.25, 0.3) is 0 Å². The van der Waals surface area contributed by atoms with E-state index >= 15 is 0 Å². The maximum absolute atomic E-state index is 12.9. The first-order chi connectivity index (χ1) is 10.5. The Hall–Kier alpha value is -2.40. The number of aromatic carboxylic acids is 1. The molecule has 0 aliphatic heterocycles. The fraction of sp³-hybridized carbons (Fsp3) is 0.125. The summed E-state index contributed by atoms with van der Waals surface area (Å²) in [4.78, 5) is 22.6. The number of halogens is 2. The Morgan fingerprint density at radius 3 is 2.41 bits per heavy atom. The third kappa shape index (κ3) is 4.05. The van der Waals surface area contributed by atoms with E-state index in [-0.39, 0.29) is 22.1 Å². The lowest BCUT2D eigenvalue weighted by Gasteiger charge is -2.07. The standard InChI is InChI=1S/C16H13ClFNO3/c17-14-9-12(18)5-6-13(14)15(20)19-8-7-10-1-3-11(4-2-10)16(21)22/h1-6,9H,7-8H2,(H,19,20)(H,21,22). The predicted octanol–water partition coefficient (Wildman–Crippen LogP) is 3.15. The molecule has 0 atom stereocenters. The molecule has 0 aromatic heterocycles. The zero-order valence-electron chi connectivity index (χ0n) is 11.5. The number of benzene rings is 2. The van der Waals surface area contributed by atoms with Crippen molar-refractivity contribution in [1.82, 2.24) is 5.32 Å². The highest BCUT2D eigenvalue weighted by molar-refractivity contribution is 6.33. The Morgan fingerprint density at radius 1 is 1.14 bits per heavy atom. The van der Waals surface area contributed by atoms with Crippen molar-refractivity contribution in [2.24, 2.45) is 0 Å². The van der Waals surface area contributed by atoms with E-state index in [9.17, 15) is 14.0 Å². The van der Waals surface area contributed by atoms with Gasteiger partial charge in [-0.2, -0.15) is 0 Å². The maximum Gasteiger partial charge on any atom is 0.335 e. The summed E-state index contributed by atoms with van der Waals surface area (Å²) in [6.45, 7) is 0.360. The fourth-order valence-electron chi connectivity index (χ4n) is 1.90. The van der Waals surface area contributed by atoms with Gasteiger partial charge in [0, 0.05) is 6.54 Å². The van der Waals surface area contributed by atoms with Crippen LogP contribution in [0.1, 0.15) is 26.3 Å². The van der Waals surface area contributed by atoms with Gasteiger partial charge in [-0.3, -0.25) is 4.79 Å². The molecule has 0 unspecified atom stereocenters. The summed E-state index contributed by atoms with van der Waals surface area (Å²) in [6, 6.07) is 9.99. The normalized spacial score (nSPS) is 10.3. The molecule has 1 amide bonds. The first-order valence-corrected chi connectivity index (χ1v) is 6.90. The van der Waals surface area contributed by atoms with Crippen LogP contribution in [0, 0.1) is 5.82 Å². The average molecular weight is 322 g/mol. The van der Waals surface area contributed by atoms with Crippen molar-refractivity contribution in [3.8, 4) is 0 Å². The smallest absolute Gasteiger partial charge is 0.335 e. The van der Waals surface area contributed by atoms with Gasteiger partial charge in [0.1, 0.15) is 5.82 Å². The Bertz CT molecular complexity index is 701. The van der Waals surface area contributed by atoms with Crippen molar-refractivity contribution in [1.29, 1.82) is 0 Å². The molecule has 0 saturated carbocycles. The third-order valence-corrected chi connectivity index (χ3v) is 3.39. The zero-order chi connectivity index (χ0) is 16.1. The third-order valence-electron chi connectivity index (χ3n) is 3.08. The number of nitrogens with one attached hydrogen (secondary N) is 1. The summed E-state index contributed by atoms with van der Waals surface area (Å²) in [5.74, 6) is -1.86. The molecule has 0 aliphatic carbocycles. The minimum atomic E-state index is -0.981. The van der Waals surface area contributed by atoms with E-state index < -0.39 is 11.8 Å². The molecule has 2 aromatic rings. The summed E-state index contributed by atoms with van der Waals surface area (Å²) < 4.78 is 12.9. The number of amides is 1. The molecule has 0 saturated heterocycles. The van der Waals surface area contributed by atoms with Crippen molar-refractivity contribution < 1.29 is 19.1 Å². The Balaban J connectivity index is 1.90. The minimum absolute atomic E-state index is 0.0586. The highest BCUT2D eigenvalue weighted by atomic mass is 35.5. The number of carbonyl (C=O) groups is 2. The van der Waals surface area contributed by atoms with Gasteiger partial charge < -0.3 is 10.4 Å². The first-order valence-electron chi connectivity index (χ1n) is 6.53. The minimum Gasteiger partial charge on any atom is -0.478 e. The van der Waals surface area contributed by atoms with Gasteiger partial charge in [-0.15, -0.1) is 0 Å². The van der Waals surface area contributed by atoms with Crippen LogP contribution in [0.2, 0.25) is 5.02 Å². The van der Waals surface area contributed by atoms with Crippen molar-refractivity contribution in [3.05, 3.63) is 70.0 Å². The van der Waals surface area contributed by atoms with Gasteiger partial charge in [-0.1, -0.05) is 23.7 Å². The number of hydrogen-bond acceptors (Lipinski definition) is 2. The van der Waals surface area contributed by atoms with E-state index in [1.165, 1.54) is 24.3 Å². The molecule has 0 bridgehead atoms. The number of carboxylic acid groups (broad SMARTS) is 1. The molecule has 6 heteroatoms. The molecule has 2 rings (SSSR count). The van der Waals surface area contributed by atoms with Crippen LogP contribution in [-0.4, -0.2) is 23.5 Å². The quantitative estimate of drug-likeness (QED) is 0.889. The van der Waals surface area contributed by atoms with Crippen LogP contribution in [-0.2, 0) is 6.42 Å². The van der Waals surface area contributed by atoms with Crippen molar-refractivity contribution >= 4 is 23.5 Å². The molecule has 22 heavy (non-hydrogen) atoms. The Morgan fingerprint density at radius 2 is 1.82 bits per heavy atom. The SMILES string of the molecule is O=C(O)c1ccc(CCNC(=O)c2ccc(F)cc2Cl)cc1. The van der Waals surface area contributed by atoms with Crippen LogP contribution in [0.4, 0.5) is 4.39 Å². The second-order valence-corrected chi connectivity index (χ2v) is 5.04. The van der Waals surface area contributed by atoms with Crippen LogP contribution in [0.5, 0.6) is 0 Å². The maximum atomic E-state index is 12.9. The number of hydrogen-bond donors (Lipinski definition) is 2. The van der Waals surface area contributed by atoms with E-state index in [4.69, 9.17) is 16.7 Å². The van der Waals surface area contributed by atoms with E-state index in [0.29, 0.717) is 13.0 Å². The second-order valence-electron chi connectivity index (χ2n) is 4.63. The van der Waals surface area contributed by atoms with Crippen LogP contribution < -0.4 is 5.32 Å². The first kappa shape index (κ1) is 16.0. The van der Waals surface area contributed by atoms with Crippen molar-refractivity contribution in [2.75, 3.05) is 6.54 Å². The molecule has 0 radical (unpaired) electrons. The van der Waals surface area contributed by atoms with Gasteiger partial charge in [0.2, 0.25) is 0 Å². The largest absolute Gasteiger partial charge is 0.478 e. The lowest BCUT2D eigenvalue weighted by molar-refractivity contribution is 0.0696. The average Bonchev–Trinajstić information content (AvgIpc) is 2.47. The van der Waals surface area contributed by atoms with E-state index in [1.807, 2.05) is 0 Å². The molecular formula is C16H13ClFNO3. The van der Waals surface area contributed by atoms with E-state index in [1.54, 1.807) is 12.1 Å². The molecule has 4 nitrogen and oxygen atoms in total. The van der Waals surface area contributed by atoms with E-state index in [2.05, 4.69) is 5.32 Å².